The van der Waals surface area contributed by atoms with Crippen molar-refractivity contribution >= 4 is 5.96 Å². The minimum absolute atomic E-state index is 0.738. The minimum Gasteiger partial charge on any atom is -0.356 e. The third-order valence-corrected chi connectivity index (χ3v) is 2.41. The number of rotatable bonds is 5. The average Bonchev–Trinajstić information content (AvgIpc) is 2.69. The molecule has 1 aromatic heterocycles. The fourth-order valence-electron chi connectivity index (χ4n) is 1.35. The van der Waals surface area contributed by atoms with E-state index in [1.807, 2.05) is 17.8 Å². The third-order valence-electron chi connectivity index (χ3n) is 2.41. The van der Waals surface area contributed by atoms with Crippen LogP contribution in [0.5, 0.6) is 0 Å². The molecule has 0 saturated heterocycles. The predicted octanol–water partition coefficient (Wildman–Crippen LogP) is 0.885. The monoisotopic (exact) mass is 223 g/mol. The van der Waals surface area contributed by atoms with E-state index < -0.39 is 0 Å². The molecule has 0 aliphatic rings. The largest absolute Gasteiger partial charge is 0.356 e. The summed E-state index contributed by atoms with van der Waals surface area (Å²) in [4.78, 5) is 4.15. The van der Waals surface area contributed by atoms with Gasteiger partial charge in [0.2, 0.25) is 0 Å². The van der Waals surface area contributed by atoms with Gasteiger partial charge in [0, 0.05) is 26.8 Å². The molecule has 90 valence electrons. The van der Waals surface area contributed by atoms with Crippen molar-refractivity contribution in [2.75, 3.05) is 13.6 Å². The molecule has 0 bridgehead atoms. The molecule has 0 aliphatic heterocycles. The maximum atomic E-state index is 4.15. The average molecular weight is 223 g/mol. The molecule has 16 heavy (non-hydrogen) atoms. The molecular formula is C11H21N5. The van der Waals surface area contributed by atoms with Crippen molar-refractivity contribution in [3.05, 3.63) is 18.0 Å². The van der Waals surface area contributed by atoms with Crippen LogP contribution < -0.4 is 10.6 Å². The van der Waals surface area contributed by atoms with Crippen LogP contribution in [0, 0.1) is 0 Å². The molecule has 2 N–H and O–H groups in total. The lowest BCUT2D eigenvalue weighted by atomic mass is 10.3. The number of aromatic nitrogens is 2. The summed E-state index contributed by atoms with van der Waals surface area (Å²) in [7, 11) is 3.72. The topological polar surface area (TPSA) is 54.2 Å². The van der Waals surface area contributed by atoms with E-state index in [-0.39, 0.29) is 0 Å². The van der Waals surface area contributed by atoms with Crippen molar-refractivity contribution in [2.45, 2.75) is 26.3 Å². The van der Waals surface area contributed by atoms with Gasteiger partial charge in [0.25, 0.3) is 0 Å². The van der Waals surface area contributed by atoms with E-state index in [4.69, 9.17) is 0 Å². The van der Waals surface area contributed by atoms with Gasteiger partial charge in [-0.3, -0.25) is 9.67 Å². The van der Waals surface area contributed by atoms with Crippen molar-refractivity contribution < 1.29 is 0 Å². The molecule has 5 nitrogen and oxygen atoms in total. The molecule has 1 rings (SSSR count). The summed E-state index contributed by atoms with van der Waals surface area (Å²) in [6, 6.07) is 1.99. The molecule has 5 heteroatoms. The maximum Gasteiger partial charge on any atom is 0.191 e. The summed E-state index contributed by atoms with van der Waals surface area (Å²) in [6.45, 7) is 3.87. The Kier molecular flexibility index (Phi) is 5.39. The highest BCUT2D eigenvalue weighted by Gasteiger charge is 2.00. The smallest absolute Gasteiger partial charge is 0.191 e. The van der Waals surface area contributed by atoms with Gasteiger partial charge in [0.1, 0.15) is 0 Å². The second-order valence-electron chi connectivity index (χ2n) is 3.65. The van der Waals surface area contributed by atoms with Crippen LogP contribution in [0.4, 0.5) is 0 Å². The van der Waals surface area contributed by atoms with Crippen LogP contribution in [0.15, 0.2) is 17.3 Å². The van der Waals surface area contributed by atoms with Gasteiger partial charge in [0.05, 0.1) is 12.2 Å². The highest BCUT2D eigenvalue weighted by Crippen LogP contribution is 1.94. The lowest BCUT2D eigenvalue weighted by molar-refractivity contribution is 0.678. The lowest BCUT2D eigenvalue weighted by Crippen LogP contribution is -2.37. The standard InChI is InChI=1S/C11H21N5/c1-4-5-7-13-11(12-2)14-9-10-6-8-15-16(10)3/h6,8H,4-5,7,9H2,1-3H3,(H2,12,13,14). The van der Waals surface area contributed by atoms with Crippen molar-refractivity contribution in [2.24, 2.45) is 12.0 Å². The van der Waals surface area contributed by atoms with Gasteiger partial charge in [-0.2, -0.15) is 5.10 Å². The van der Waals surface area contributed by atoms with E-state index >= 15 is 0 Å². The summed E-state index contributed by atoms with van der Waals surface area (Å²) in [5, 5.41) is 10.6. The third kappa shape index (κ3) is 3.92. The van der Waals surface area contributed by atoms with Gasteiger partial charge < -0.3 is 10.6 Å². The van der Waals surface area contributed by atoms with Gasteiger partial charge in [0.15, 0.2) is 5.96 Å². The van der Waals surface area contributed by atoms with Crippen molar-refractivity contribution in [1.29, 1.82) is 0 Å². The second-order valence-corrected chi connectivity index (χ2v) is 3.65. The van der Waals surface area contributed by atoms with E-state index in [0.29, 0.717) is 0 Å². The Morgan fingerprint density at radius 2 is 2.31 bits per heavy atom. The summed E-state index contributed by atoms with van der Waals surface area (Å²) in [5.74, 6) is 0.842. The number of guanidine groups is 1. The number of aryl methyl sites for hydroxylation is 1. The molecule has 0 spiro atoms. The molecule has 1 aromatic rings. The number of aliphatic imine (C=N–C) groups is 1. The Bertz CT molecular complexity index is 329. The van der Waals surface area contributed by atoms with Crippen LogP contribution in [-0.2, 0) is 13.6 Å². The Hall–Kier alpha value is -1.52. The molecule has 0 saturated carbocycles. The van der Waals surface area contributed by atoms with Gasteiger partial charge in [-0.15, -0.1) is 0 Å². The van der Waals surface area contributed by atoms with E-state index in [1.165, 1.54) is 6.42 Å². The Balaban J connectivity index is 2.32. The molecule has 0 radical (unpaired) electrons. The fourth-order valence-corrected chi connectivity index (χ4v) is 1.35. The lowest BCUT2D eigenvalue weighted by Gasteiger charge is -2.11. The van der Waals surface area contributed by atoms with Crippen molar-refractivity contribution in [3.8, 4) is 0 Å². The van der Waals surface area contributed by atoms with E-state index in [1.54, 1.807) is 13.2 Å². The molecule has 0 fully saturated rings. The van der Waals surface area contributed by atoms with Crippen LogP contribution in [0.2, 0.25) is 0 Å². The first-order valence-corrected chi connectivity index (χ1v) is 5.69. The molecule has 0 amide bonds. The van der Waals surface area contributed by atoms with Crippen LogP contribution in [0.3, 0.4) is 0 Å². The first kappa shape index (κ1) is 12.5. The fraction of sp³-hybridized carbons (Fsp3) is 0.636. The van der Waals surface area contributed by atoms with Crippen LogP contribution in [0.25, 0.3) is 0 Å². The SMILES string of the molecule is CCCCNC(=NC)NCc1ccnn1C. The molecule has 0 aromatic carbocycles. The van der Waals surface area contributed by atoms with E-state index in [9.17, 15) is 0 Å². The maximum absolute atomic E-state index is 4.15. The summed E-state index contributed by atoms with van der Waals surface area (Å²) >= 11 is 0. The van der Waals surface area contributed by atoms with E-state index in [2.05, 4.69) is 27.6 Å². The van der Waals surface area contributed by atoms with Crippen molar-refractivity contribution in [1.82, 2.24) is 20.4 Å². The summed E-state index contributed by atoms with van der Waals surface area (Å²) in [5.41, 5.74) is 1.14. The number of hydrogen-bond donors (Lipinski definition) is 2. The normalized spacial score (nSPS) is 11.6. The van der Waals surface area contributed by atoms with Gasteiger partial charge in [-0.05, 0) is 12.5 Å². The minimum atomic E-state index is 0.738. The number of nitrogens with one attached hydrogen (secondary N) is 2. The first-order valence-electron chi connectivity index (χ1n) is 5.69. The van der Waals surface area contributed by atoms with Gasteiger partial charge in [-0.25, -0.2) is 0 Å². The number of hydrogen-bond acceptors (Lipinski definition) is 2. The van der Waals surface area contributed by atoms with Crippen LogP contribution in [-0.4, -0.2) is 29.3 Å². The summed E-state index contributed by atoms with van der Waals surface area (Å²) < 4.78 is 1.85. The molecule has 0 aliphatic carbocycles. The highest BCUT2D eigenvalue weighted by atomic mass is 15.3. The Morgan fingerprint density at radius 1 is 1.50 bits per heavy atom. The predicted molar refractivity (Wildman–Crippen MR) is 66.3 cm³/mol. The van der Waals surface area contributed by atoms with Crippen LogP contribution in [0.1, 0.15) is 25.5 Å². The summed E-state index contributed by atoms with van der Waals surface area (Å²) in [6.07, 6.45) is 4.14. The van der Waals surface area contributed by atoms with Gasteiger partial charge in [-0.1, -0.05) is 13.3 Å². The zero-order chi connectivity index (χ0) is 11.8. The zero-order valence-electron chi connectivity index (χ0n) is 10.3. The van der Waals surface area contributed by atoms with Gasteiger partial charge >= 0.3 is 0 Å². The molecule has 1 heterocycles. The molecular weight excluding hydrogens is 202 g/mol. The molecule has 0 atom stereocenters. The van der Waals surface area contributed by atoms with Crippen molar-refractivity contribution in [3.63, 3.8) is 0 Å². The quantitative estimate of drug-likeness (QED) is 0.443. The molecule has 0 unspecified atom stereocenters. The van der Waals surface area contributed by atoms with E-state index in [0.717, 1.165) is 31.2 Å². The highest BCUT2D eigenvalue weighted by molar-refractivity contribution is 5.79. The van der Waals surface area contributed by atoms with Crippen LogP contribution >= 0.6 is 0 Å². The zero-order valence-corrected chi connectivity index (χ0v) is 10.3. The number of nitrogens with zero attached hydrogens (tertiary/aromatic N) is 3. The first-order chi connectivity index (χ1) is 7.77. The Morgan fingerprint density at radius 3 is 2.88 bits per heavy atom. The second kappa shape index (κ2) is 6.87. The number of unbranched alkanes of at least 4 members (excludes halogenated alkanes) is 1. The Labute approximate surface area is 97.0 Å².